The smallest absolute Gasteiger partial charge is 0.234 e. The molecule has 2 rings (SSSR count). The molecule has 0 radical (unpaired) electrons. The number of unbranched alkanes of at least 4 members (excludes halogenated alkanes) is 3. The maximum atomic E-state index is 12.8. The third kappa shape index (κ3) is 6.51. The zero-order valence-corrected chi connectivity index (χ0v) is 17.1. The number of benzene rings is 1. The van der Waals surface area contributed by atoms with Gasteiger partial charge in [0.2, 0.25) is 16.4 Å². The molecule has 7 nitrogen and oxygen atoms in total. The van der Waals surface area contributed by atoms with E-state index in [1.54, 1.807) is 0 Å². The number of amides is 1. The number of hydrogen-bond donors (Lipinski definition) is 1. The predicted octanol–water partition coefficient (Wildman–Crippen LogP) is 1.94. The van der Waals surface area contributed by atoms with Crippen LogP contribution in [0.1, 0.15) is 32.6 Å². The van der Waals surface area contributed by atoms with Crippen molar-refractivity contribution in [3.05, 3.63) is 30.3 Å². The largest absolute Gasteiger partial charge is 0.369 e. The van der Waals surface area contributed by atoms with Gasteiger partial charge in [-0.1, -0.05) is 43.9 Å². The molecule has 8 heteroatoms. The molecule has 0 bridgehead atoms. The molecule has 1 aromatic carbocycles. The van der Waals surface area contributed by atoms with Crippen molar-refractivity contribution in [3.8, 4) is 11.8 Å². The number of hydrogen-bond acceptors (Lipinski definition) is 5. The highest BCUT2D eigenvalue weighted by atomic mass is 32.2. The first-order valence-corrected chi connectivity index (χ1v) is 11.3. The predicted molar refractivity (Wildman–Crippen MR) is 109 cm³/mol. The zero-order valence-electron chi connectivity index (χ0n) is 16.3. The number of sulfonamides is 1. The Morgan fingerprint density at radius 2 is 1.86 bits per heavy atom. The second-order valence-electron chi connectivity index (χ2n) is 6.78. The lowest BCUT2D eigenvalue weighted by molar-refractivity contribution is -0.153. The van der Waals surface area contributed by atoms with Crippen molar-refractivity contribution in [1.82, 2.24) is 9.37 Å². The van der Waals surface area contributed by atoms with E-state index in [1.165, 1.54) is 4.31 Å². The molecule has 0 spiro atoms. The number of hydroxylamine groups is 2. The molecule has 1 atom stereocenters. The van der Waals surface area contributed by atoms with Crippen molar-refractivity contribution in [2.45, 2.75) is 38.6 Å². The summed E-state index contributed by atoms with van der Waals surface area (Å²) in [7, 11) is -3.65. The Morgan fingerprint density at radius 3 is 2.46 bits per heavy atom. The molecule has 154 valence electrons. The van der Waals surface area contributed by atoms with Gasteiger partial charge in [0.05, 0.1) is 5.75 Å². The number of carbonyl (C=O) groups is 1. The van der Waals surface area contributed by atoms with Crippen LogP contribution in [0.25, 0.3) is 0 Å². The van der Waals surface area contributed by atoms with Crippen LogP contribution in [-0.4, -0.2) is 67.4 Å². The maximum absolute atomic E-state index is 12.8. The fourth-order valence-electron chi connectivity index (χ4n) is 3.08. The Kier molecular flexibility index (Phi) is 8.77. The summed E-state index contributed by atoms with van der Waals surface area (Å²) in [5, 5.41) is 10.1. The van der Waals surface area contributed by atoms with Crippen molar-refractivity contribution < 1.29 is 18.4 Å². The van der Waals surface area contributed by atoms with Gasteiger partial charge in [-0.15, -0.1) is 5.92 Å². The average molecular weight is 408 g/mol. The van der Waals surface area contributed by atoms with E-state index in [9.17, 15) is 18.4 Å². The minimum atomic E-state index is -3.65. The molecule has 1 unspecified atom stereocenters. The molecule has 1 aliphatic rings. The van der Waals surface area contributed by atoms with Gasteiger partial charge in [0, 0.05) is 38.3 Å². The number of carbonyl (C=O) groups excluding carboxylic acids is 1. The van der Waals surface area contributed by atoms with Gasteiger partial charge in [-0.05, 0) is 18.6 Å². The van der Waals surface area contributed by atoms with E-state index < -0.39 is 21.8 Å². The highest BCUT2D eigenvalue weighted by molar-refractivity contribution is 7.89. The quantitative estimate of drug-likeness (QED) is 0.222. The lowest BCUT2D eigenvalue weighted by Crippen LogP contribution is -2.51. The SMILES string of the molecule is CCCCCC#CC(CS(=O)(=O)N1CCN(c2ccccc2)CC1)N(O)C=O. The van der Waals surface area contributed by atoms with Crippen molar-refractivity contribution in [3.63, 3.8) is 0 Å². The minimum Gasteiger partial charge on any atom is -0.369 e. The molecule has 1 heterocycles. The van der Waals surface area contributed by atoms with Crippen molar-refractivity contribution in [2.24, 2.45) is 0 Å². The standard InChI is InChI=1S/C20H29N3O4S/c1-2-3-4-5-7-12-20(23(25)18-24)17-28(26,27)22-15-13-21(14-16-22)19-10-8-6-9-11-19/h6,8-11,18,20,25H,2-5,13-17H2,1H3. The van der Waals surface area contributed by atoms with Gasteiger partial charge in [-0.3, -0.25) is 10.0 Å². The van der Waals surface area contributed by atoms with E-state index in [1.807, 2.05) is 30.3 Å². The fourth-order valence-corrected chi connectivity index (χ4v) is 4.64. The molecule has 1 fully saturated rings. The molecule has 28 heavy (non-hydrogen) atoms. The van der Waals surface area contributed by atoms with E-state index >= 15 is 0 Å². The zero-order chi connectivity index (χ0) is 20.4. The van der Waals surface area contributed by atoms with E-state index in [-0.39, 0.29) is 6.41 Å². The number of nitrogens with zero attached hydrogens (tertiary/aromatic N) is 3. The lowest BCUT2D eigenvalue weighted by atomic mass is 10.2. The summed E-state index contributed by atoms with van der Waals surface area (Å²) >= 11 is 0. The van der Waals surface area contributed by atoms with Gasteiger partial charge < -0.3 is 4.90 Å². The molecule has 0 aliphatic carbocycles. The van der Waals surface area contributed by atoms with Gasteiger partial charge in [0.25, 0.3) is 0 Å². The highest BCUT2D eigenvalue weighted by Gasteiger charge is 2.30. The van der Waals surface area contributed by atoms with Crippen LogP contribution in [-0.2, 0) is 14.8 Å². The number of piperazine rings is 1. The molecule has 1 N–H and O–H groups in total. The van der Waals surface area contributed by atoms with Crippen LogP contribution in [0.15, 0.2) is 30.3 Å². The summed E-state index contributed by atoms with van der Waals surface area (Å²) in [4.78, 5) is 13.1. The molecule has 1 saturated heterocycles. The molecule has 1 amide bonds. The van der Waals surface area contributed by atoms with Gasteiger partial charge in [-0.2, -0.15) is 4.31 Å². The number of para-hydroxylation sites is 1. The Bertz CT molecular complexity index is 766. The third-order valence-corrected chi connectivity index (χ3v) is 6.61. The summed E-state index contributed by atoms with van der Waals surface area (Å²) in [5.74, 6) is 5.22. The first kappa shape index (κ1) is 22.2. The summed E-state index contributed by atoms with van der Waals surface area (Å²) in [6.45, 7) is 3.99. The van der Waals surface area contributed by atoms with E-state index in [0.717, 1.165) is 24.9 Å². The van der Waals surface area contributed by atoms with Crippen LogP contribution in [0.3, 0.4) is 0 Å². The van der Waals surface area contributed by atoms with E-state index in [2.05, 4.69) is 23.7 Å². The Morgan fingerprint density at radius 1 is 1.18 bits per heavy atom. The Labute approximate surface area is 167 Å². The van der Waals surface area contributed by atoms with Crippen LogP contribution in [0.4, 0.5) is 5.69 Å². The molecule has 0 saturated carbocycles. The Hall–Kier alpha value is -2.08. The van der Waals surface area contributed by atoms with Crippen LogP contribution < -0.4 is 4.90 Å². The van der Waals surface area contributed by atoms with E-state index in [4.69, 9.17) is 0 Å². The topological polar surface area (TPSA) is 81.2 Å². The summed E-state index contributed by atoms with van der Waals surface area (Å²) in [6.07, 6.45) is 3.84. The minimum absolute atomic E-state index is 0.203. The van der Waals surface area contributed by atoms with Crippen molar-refractivity contribution >= 4 is 22.1 Å². The molecule has 1 aromatic rings. The van der Waals surface area contributed by atoms with Gasteiger partial charge in [-0.25, -0.2) is 13.5 Å². The van der Waals surface area contributed by atoms with Gasteiger partial charge in [0.1, 0.15) is 6.04 Å². The van der Waals surface area contributed by atoms with Crippen LogP contribution in [0.2, 0.25) is 0 Å². The normalized spacial score (nSPS) is 16.1. The van der Waals surface area contributed by atoms with E-state index in [0.29, 0.717) is 37.7 Å². The van der Waals surface area contributed by atoms with Gasteiger partial charge in [0.15, 0.2) is 0 Å². The van der Waals surface area contributed by atoms with Crippen LogP contribution in [0.5, 0.6) is 0 Å². The molecule has 1 aliphatic heterocycles. The van der Waals surface area contributed by atoms with Gasteiger partial charge >= 0.3 is 0 Å². The highest BCUT2D eigenvalue weighted by Crippen LogP contribution is 2.17. The first-order chi connectivity index (χ1) is 13.5. The molecule has 0 aromatic heterocycles. The fraction of sp³-hybridized carbons (Fsp3) is 0.550. The van der Waals surface area contributed by atoms with Crippen molar-refractivity contribution in [1.29, 1.82) is 0 Å². The maximum Gasteiger partial charge on any atom is 0.234 e. The number of rotatable bonds is 9. The monoisotopic (exact) mass is 407 g/mol. The average Bonchev–Trinajstić information content (AvgIpc) is 2.73. The number of anilines is 1. The second-order valence-corrected chi connectivity index (χ2v) is 8.79. The van der Waals surface area contributed by atoms with Crippen LogP contribution in [0, 0.1) is 11.8 Å². The second kappa shape index (κ2) is 11.1. The molecular formula is C20H29N3O4S. The van der Waals surface area contributed by atoms with Crippen molar-refractivity contribution in [2.75, 3.05) is 36.8 Å². The summed E-state index contributed by atoms with van der Waals surface area (Å²) < 4.78 is 27.0. The summed E-state index contributed by atoms with van der Waals surface area (Å²) in [6, 6.07) is 8.80. The summed E-state index contributed by atoms with van der Waals surface area (Å²) in [5.41, 5.74) is 1.07. The lowest BCUT2D eigenvalue weighted by Gasteiger charge is -2.35. The molecular weight excluding hydrogens is 378 g/mol. The first-order valence-electron chi connectivity index (χ1n) is 9.66. The van der Waals surface area contributed by atoms with Crippen LogP contribution >= 0.6 is 0 Å². The third-order valence-electron chi connectivity index (χ3n) is 4.72. The Balaban J connectivity index is 1.97.